The first kappa shape index (κ1) is 12.9. The lowest BCUT2D eigenvalue weighted by Crippen LogP contribution is -2.24. The molecule has 94 valence electrons. The van der Waals surface area contributed by atoms with Crippen molar-refractivity contribution in [1.29, 1.82) is 0 Å². The maximum absolute atomic E-state index is 8.98. The van der Waals surface area contributed by atoms with E-state index in [9.17, 15) is 0 Å². The van der Waals surface area contributed by atoms with Gasteiger partial charge >= 0.3 is 0 Å². The van der Waals surface area contributed by atoms with Crippen LogP contribution in [0.15, 0.2) is 18.2 Å². The Hall–Kier alpha value is -0.570. The van der Waals surface area contributed by atoms with E-state index < -0.39 is 0 Å². The molecule has 0 atom stereocenters. The van der Waals surface area contributed by atoms with E-state index in [4.69, 9.17) is 16.7 Å². The summed E-state index contributed by atoms with van der Waals surface area (Å²) in [7, 11) is 0. The van der Waals surface area contributed by atoms with E-state index in [0.717, 1.165) is 30.1 Å². The molecule has 0 heterocycles. The van der Waals surface area contributed by atoms with E-state index in [-0.39, 0.29) is 0 Å². The van der Waals surface area contributed by atoms with E-state index >= 15 is 0 Å². The molecule has 0 spiro atoms. The van der Waals surface area contributed by atoms with Gasteiger partial charge in [0.15, 0.2) is 0 Å². The van der Waals surface area contributed by atoms with Gasteiger partial charge in [-0.2, -0.15) is 0 Å². The minimum absolute atomic E-state index is 0.304. The first-order valence-corrected chi connectivity index (χ1v) is 6.60. The number of hydrogen-bond donors (Lipinski definition) is 2. The van der Waals surface area contributed by atoms with Gasteiger partial charge in [-0.15, -0.1) is 0 Å². The van der Waals surface area contributed by atoms with Gasteiger partial charge in [-0.3, -0.25) is 0 Å². The highest BCUT2D eigenvalue weighted by atomic mass is 35.5. The van der Waals surface area contributed by atoms with Crippen LogP contribution in [-0.2, 0) is 6.54 Å². The molecule has 2 nitrogen and oxygen atoms in total. The molecule has 1 aliphatic carbocycles. The monoisotopic (exact) mass is 253 g/mol. The van der Waals surface area contributed by atoms with Crippen molar-refractivity contribution in [2.75, 3.05) is 13.2 Å². The molecule has 1 saturated carbocycles. The molecule has 0 amide bonds. The summed E-state index contributed by atoms with van der Waals surface area (Å²) in [4.78, 5) is 0. The van der Waals surface area contributed by atoms with E-state index in [1.165, 1.54) is 18.4 Å². The van der Waals surface area contributed by atoms with Crippen molar-refractivity contribution < 1.29 is 5.11 Å². The Kier molecular flexibility index (Phi) is 4.08. The second-order valence-electron chi connectivity index (χ2n) is 5.16. The quantitative estimate of drug-likeness (QED) is 0.817. The fourth-order valence-electron chi connectivity index (χ4n) is 2.15. The summed E-state index contributed by atoms with van der Waals surface area (Å²) < 4.78 is 0. The third kappa shape index (κ3) is 3.44. The molecule has 2 rings (SSSR count). The lowest BCUT2D eigenvalue weighted by Gasteiger charge is -2.14. The average Bonchev–Trinajstić information content (AvgIpc) is 3.04. The van der Waals surface area contributed by atoms with Crippen LogP contribution in [0.1, 0.15) is 30.4 Å². The zero-order valence-electron chi connectivity index (χ0n) is 10.3. The van der Waals surface area contributed by atoms with Crippen LogP contribution in [0.4, 0.5) is 0 Å². The Morgan fingerprint density at radius 1 is 1.41 bits per heavy atom. The third-order valence-corrected chi connectivity index (χ3v) is 4.07. The van der Waals surface area contributed by atoms with Gasteiger partial charge in [0.25, 0.3) is 0 Å². The number of nitrogens with one attached hydrogen (secondary N) is 1. The maximum Gasteiger partial charge on any atom is 0.0438 e. The number of rotatable bonds is 6. The van der Waals surface area contributed by atoms with E-state index in [0.29, 0.717) is 12.0 Å². The SMILES string of the molecule is Cc1ccc(CNCC2(CCO)CC2)cc1Cl. The number of halogens is 1. The van der Waals surface area contributed by atoms with Crippen molar-refractivity contribution in [3.05, 3.63) is 34.3 Å². The predicted molar refractivity (Wildman–Crippen MR) is 71.3 cm³/mol. The molecule has 17 heavy (non-hydrogen) atoms. The van der Waals surface area contributed by atoms with Gasteiger partial charge in [-0.05, 0) is 48.8 Å². The summed E-state index contributed by atoms with van der Waals surface area (Å²) in [5.41, 5.74) is 2.72. The van der Waals surface area contributed by atoms with Gasteiger partial charge in [0.05, 0.1) is 0 Å². The zero-order valence-corrected chi connectivity index (χ0v) is 11.1. The Balaban J connectivity index is 1.80. The highest BCUT2D eigenvalue weighted by Crippen LogP contribution is 2.47. The van der Waals surface area contributed by atoms with Gasteiger partial charge in [0.2, 0.25) is 0 Å². The largest absolute Gasteiger partial charge is 0.396 e. The highest BCUT2D eigenvalue weighted by molar-refractivity contribution is 6.31. The highest BCUT2D eigenvalue weighted by Gasteiger charge is 2.41. The summed E-state index contributed by atoms with van der Waals surface area (Å²) in [6.07, 6.45) is 3.42. The molecule has 0 saturated heterocycles. The minimum atomic E-state index is 0.304. The van der Waals surface area contributed by atoms with Crippen molar-refractivity contribution >= 4 is 11.6 Å². The summed E-state index contributed by atoms with van der Waals surface area (Å²) in [5.74, 6) is 0. The van der Waals surface area contributed by atoms with Crippen LogP contribution in [-0.4, -0.2) is 18.3 Å². The molecule has 0 bridgehead atoms. The number of aryl methyl sites for hydroxylation is 1. The van der Waals surface area contributed by atoms with Crippen LogP contribution in [0.25, 0.3) is 0 Å². The first-order valence-electron chi connectivity index (χ1n) is 6.22. The molecule has 1 fully saturated rings. The molecule has 3 heteroatoms. The molecule has 0 aliphatic heterocycles. The molecule has 1 aromatic rings. The molecular weight excluding hydrogens is 234 g/mol. The second kappa shape index (κ2) is 5.38. The molecule has 1 aliphatic rings. The lowest BCUT2D eigenvalue weighted by atomic mass is 10.0. The van der Waals surface area contributed by atoms with Crippen LogP contribution >= 0.6 is 11.6 Å². The Morgan fingerprint density at radius 3 is 2.76 bits per heavy atom. The average molecular weight is 254 g/mol. The normalized spacial score (nSPS) is 17.1. The first-order chi connectivity index (χ1) is 8.15. The maximum atomic E-state index is 8.98. The Morgan fingerprint density at radius 2 is 2.18 bits per heavy atom. The van der Waals surface area contributed by atoms with Crippen LogP contribution in [0.3, 0.4) is 0 Å². The van der Waals surface area contributed by atoms with Crippen LogP contribution in [0.2, 0.25) is 5.02 Å². The topological polar surface area (TPSA) is 32.3 Å². The molecular formula is C14H20ClNO. The van der Waals surface area contributed by atoms with Gasteiger partial charge in [0, 0.05) is 24.7 Å². The number of aliphatic hydroxyl groups is 1. The van der Waals surface area contributed by atoms with Crippen LogP contribution < -0.4 is 5.32 Å². The molecule has 1 aromatic carbocycles. The Bertz CT molecular complexity index is 388. The van der Waals surface area contributed by atoms with Crippen molar-refractivity contribution in [3.8, 4) is 0 Å². The third-order valence-electron chi connectivity index (χ3n) is 3.66. The van der Waals surface area contributed by atoms with E-state index in [2.05, 4.69) is 17.4 Å². The fraction of sp³-hybridized carbons (Fsp3) is 0.571. The molecule has 2 N–H and O–H groups in total. The summed E-state index contributed by atoms with van der Waals surface area (Å²) >= 11 is 6.08. The van der Waals surface area contributed by atoms with Crippen LogP contribution in [0, 0.1) is 12.3 Å². The van der Waals surface area contributed by atoms with E-state index in [1.807, 2.05) is 13.0 Å². The van der Waals surface area contributed by atoms with E-state index in [1.54, 1.807) is 0 Å². The van der Waals surface area contributed by atoms with Crippen molar-refractivity contribution in [3.63, 3.8) is 0 Å². The fourth-order valence-corrected chi connectivity index (χ4v) is 2.35. The molecule has 0 radical (unpaired) electrons. The standard InChI is InChI=1S/C14H20ClNO/c1-11-2-3-12(8-13(11)15)9-16-10-14(4-5-14)6-7-17/h2-3,8,16-17H,4-7,9-10H2,1H3. The van der Waals surface area contributed by atoms with Gasteiger partial charge in [-0.1, -0.05) is 23.7 Å². The summed E-state index contributed by atoms with van der Waals surface area (Å²) in [5, 5.41) is 13.3. The van der Waals surface area contributed by atoms with Crippen molar-refractivity contribution in [2.45, 2.75) is 32.7 Å². The lowest BCUT2D eigenvalue weighted by molar-refractivity contribution is 0.245. The molecule has 0 unspecified atom stereocenters. The smallest absolute Gasteiger partial charge is 0.0438 e. The van der Waals surface area contributed by atoms with Crippen LogP contribution in [0.5, 0.6) is 0 Å². The number of aliphatic hydroxyl groups excluding tert-OH is 1. The minimum Gasteiger partial charge on any atom is -0.396 e. The van der Waals surface area contributed by atoms with Gasteiger partial charge in [0.1, 0.15) is 0 Å². The summed E-state index contributed by atoms with van der Waals surface area (Å²) in [6, 6.07) is 6.19. The Labute approximate surface area is 108 Å². The summed E-state index contributed by atoms with van der Waals surface area (Å²) in [6.45, 7) is 4.17. The molecule has 0 aromatic heterocycles. The predicted octanol–water partition coefficient (Wildman–Crippen LogP) is 2.90. The number of hydrogen-bond acceptors (Lipinski definition) is 2. The van der Waals surface area contributed by atoms with Gasteiger partial charge < -0.3 is 10.4 Å². The zero-order chi connectivity index (χ0) is 12.3. The van der Waals surface area contributed by atoms with Gasteiger partial charge in [-0.25, -0.2) is 0 Å². The van der Waals surface area contributed by atoms with Crippen molar-refractivity contribution in [1.82, 2.24) is 5.32 Å². The van der Waals surface area contributed by atoms with Crippen molar-refractivity contribution in [2.24, 2.45) is 5.41 Å². The second-order valence-corrected chi connectivity index (χ2v) is 5.57. The number of benzene rings is 1.